The first-order valence-corrected chi connectivity index (χ1v) is 15.9. The van der Waals surface area contributed by atoms with Crippen LogP contribution < -0.4 is 16.4 Å². The summed E-state index contributed by atoms with van der Waals surface area (Å²) in [4.78, 5) is 40.6. The number of carbonyl (C=O) groups is 3. The number of primary amides is 1. The van der Waals surface area contributed by atoms with Gasteiger partial charge in [0.15, 0.2) is 0 Å². The van der Waals surface area contributed by atoms with Crippen LogP contribution in [0.5, 0.6) is 0 Å². The molecular weight excluding hydrogens is 634 g/mol. The zero-order valence-corrected chi connectivity index (χ0v) is 26.2. The maximum absolute atomic E-state index is 14.0. The highest BCUT2D eigenvalue weighted by Gasteiger charge is 2.44. The summed E-state index contributed by atoms with van der Waals surface area (Å²) in [6.07, 6.45) is -2.91. The first-order valence-electron chi connectivity index (χ1n) is 15.9. The molecule has 0 aliphatic carbocycles. The molecule has 2 fully saturated rings. The zero-order valence-electron chi connectivity index (χ0n) is 26.2. The predicted octanol–water partition coefficient (Wildman–Crippen LogP) is 3.04. The normalized spacial score (nSPS) is 18.4. The van der Waals surface area contributed by atoms with E-state index in [9.17, 15) is 37.1 Å². The number of nitrogens with one attached hydrogen (secondary N) is 2. The van der Waals surface area contributed by atoms with Gasteiger partial charge >= 0.3 is 12.2 Å². The molecule has 3 aliphatic heterocycles. The Balaban J connectivity index is 1.24. The highest BCUT2D eigenvalue weighted by atomic mass is 19.4. The van der Waals surface area contributed by atoms with Crippen LogP contribution in [0.25, 0.3) is 11.3 Å². The van der Waals surface area contributed by atoms with E-state index in [1.807, 2.05) is 0 Å². The van der Waals surface area contributed by atoms with Crippen LogP contribution in [0.15, 0.2) is 42.5 Å². The Morgan fingerprint density at radius 3 is 2.44 bits per heavy atom. The van der Waals surface area contributed by atoms with Crippen LogP contribution >= 0.6 is 0 Å². The number of rotatable bonds is 8. The summed E-state index contributed by atoms with van der Waals surface area (Å²) in [5, 5.41) is 21.3. The van der Waals surface area contributed by atoms with Crippen LogP contribution in [-0.2, 0) is 37.0 Å². The third-order valence-electron chi connectivity index (χ3n) is 9.71. The average Bonchev–Trinajstić information content (AvgIpc) is 3.59. The van der Waals surface area contributed by atoms with Gasteiger partial charge in [-0.3, -0.25) is 14.3 Å². The van der Waals surface area contributed by atoms with E-state index < -0.39 is 42.1 Å². The summed E-state index contributed by atoms with van der Waals surface area (Å²) in [7, 11) is 0. The van der Waals surface area contributed by atoms with Gasteiger partial charge in [0.25, 0.3) is 5.91 Å². The van der Waals surface area contributed by atoms with Gasteiger partial charge in [-0.15, -0.1) is 0 Å². The summed E-state index contributed by atoms with van der Waals surface area (Å²) in [5.41, 5.74) is 6.23. The van der Waals surface area contributed by atoms with Gasteiger partial charge in [-0.25, -0.2) is 9.18 Å². The number of hydrogen-bond donors (Lipinski definition) is 4. The lowest BCUT2D eigenvalue weighted by atomic mass is 9.77. The lowest BCUT2D eigenvalue weighted by Crippen LogP contribution is -2.46. The lowest BCUT2D eigenvalue weighted by Gasteiger charge is -2.38. The fourth-order valence-corrected chi connectivity index (χ4v) is 7.02. The molecule has 3 aromatic rings. The Kier molecular flexibility index (Phi) is 9.18. The van der Waals surface area contributed by atoms with Crippen LogP contribution in [0, 0.1) is 11.2 Å². The highest BCUT2D eigenvalue weighted by molar-refractivity contribution is 5.94. The van der Waals surface area contributed by atoms with E-state index in [0.717, 1.165) is 43.2 Å². The Hall–Kier alpha value is -4.50. The first-order chi connectivity index (χ1) is 22.8. The lowest BCUT2D eigenvalue weighted by molar-refractivity contribution is -0.138. The molecule has 0 radical (unpaired) electrons. The molecule has 4 heterocycles. The quantitative estimate of drug-likeness (QED) is 0.271. The summed E-state index contributed by atoms with van der Waals surface area (Å²) in [6.45, 7) is 2.44. The van der Waals surface area contributed by atoms with Crippen molar-refractivity contribution >= 4 is 17.8 Å². The number of fused-ring (bicyclic) bond motifs is 1. The fraction of sp³-hybridized carbons (Fsp3) is 0.455. The Labute approximate surface area is 274 Å². The van der Waals surface area contributed by atoms with Crippen molar-refractivity contribution in [3.05, 3.63) is 76.2 Å². The van der Waals surface area contributed by atoms with Gasteiger partial charge in [0.2, 0.25) is 5.91 Å². The number of aromatic nitrogens is 2. The van der Waals surface area contributed by atoms with Gasteiger partial charge in [-0.05, 0) is 74.3 Å². The SMILES string of the molecule is NC(=O)N1CCc2c(c(-c3ccc(C(F)(F)F)c(CNC(=O)c4ccc(F)cc4)c3)nn2CC(O)CN2CCC3(CCNC3=O)CC2)C1. The molecular formula is C33H37F4N7O4. The number of carbonyl (C=O) groups excluding carboxylic acids is 3. The number of amides is 4. The van der Waals surface area contributed by atoms with Crippen molar-refractivity contribution in [2.75, 3.05) is 32.7 Å². The number of aliphatic hydroxyl groups excluding tert-OH is 1. The summed E-state index contributed by atoms with van der Waals surface area (Å²) < 4.78 is 57.1. The number of piperidine rings is 1. The van der Waals surface area contributed by atoms with E-state index in [-0.39, 0.29) is 35.5 Å². The molecule has 1 atom stereocenters. The second-order valence-corrected chi connectivity index (χ2v) is 12.8. The fourth-order valence-electron chi connectivity index (χ4n) is 7.02. The molecule has 2 aromatic carbocycles. The van der Waals surface area contributed by atoms with E-state index in [1.54, 1.807) is 4.68 Å². The molecule has 4 amide bonds. The second-order valence-electron chi connectivity index (χ2n) is 12.8. The van der Waals surface area contributed by atoms with Gasteiger partial charge in [0.1, 0.15) is 5.82 Å². The predicted molar refractivity (Wildman–Crippen MR) is 166 cm³/mol. The molecule has 256 valence electrons. The van der Waals surface area contributed by atoms with Crippen LogP contribution in [0.3, 0.4) is 0 Å². The topological polar surface area (TPSA) is 146 Å². The molecule has 5 N–H and O–H groups in total. The van der Waals surface area contributed by atoms with Gasteiger partial charge in [-0.2, -0.15) is 18.3 Å². The number of alkyl halides is 3. The van der Waals surface area contributed by atoms with Crippen molar-refractivity contribution in [3.8, 4) is 11.3 Å². The molecule has 1 aromatic heterocycles. The minimum absolute atomic E-state index is 0.0873. The van der Waals surface area contributed by atoms with Gasteiger partial charge < -0.3 is 31.3 Å². The monoisotopic (exact) mass is 671 g/mol. The van der Waals surface area contributed by atoms with Gasteiger partial charge in [0.05, 0.1) is 35.9 Å². The number of likely N-dealkylation sites (tertiary alicyclic amines) is 1. The second kappa shape index (κ2) is 13.2. The van der Waals surface area contributed by atoms with E-state index in [1.165, 1.54) is 29.2 Å². The van der Waals surface area contributed by atoms with E-state index in [4.69, 9.17) is 10.8 Å². The average molecular weight is 672 g/mol. The van der Waals surface area contributed by atoms with Crippen molar-refractivity contribution in [1.82, 2.24) is 30.2 Å². The standard InChI is InChI=1S/C33H37F4N7O4/c34-23-4-1-20(2-5-23)29(46)40-16-22-15-21(3-6-26(22)33(35,36)37)28-25-19-43(31(38)48)12-7-27(25)44(41-28)18-24(45)17-42-13-9-32(10-14-42)8-11-39-30(32)47/h1-6,15,24,45H,7-14,16-19H2,(H2,38,48)(H,39,47)(H,40,46). The van der Waals surface area contributed by atoms with Gasteiger partial charge in [-0.1, -0.05) is 6.07 Å². The van der Waals surface area contributed by atoms with Crippen molar-refractivity contribution in [2.24, 2.45) is 11.1 Å². The van der Waals surface area contributed by atoms with Crippen LogP contribution in [0.1, 0.15) is 52.0 Å². The maximum atomic E-state index is 14.0. The Bertz CT molecular complexity index is 1700. The number of benzene rings is 2. The largest absolute Gasteiger partial charge is 0.416 e. The highest BCUT2D eigenvalue weighted by Crippen LogP contribution is 2.39. The number of β-amino-alcohol motifs (C(OH)–C–C–N with tert-alkyl or cyclic N) is 1. The summed E-state index contributed by atoms with van der Waals surface area (Å²) in [6, 6.07) is 7.53. The van der Waals surface area contributed by atoms with Crippen molar-refractivity contribution in [3.63, 3.8) is 0 Å². The molecule has 0 saturated carbocycles. The van der Waals surface area contributed by atoms with Crippen molar-refractivity contribution < 1.29 is 37.1 Å². The van der Waals surface area contributed by atoms with E-state index in [0.29, 0.717) is 56.0 Å². The summed E-state index contributed by atoms with van der Waals surface area (Å²) in [5.74, 6) is -1.12. The number of hydrogen-bond acceptors (Lipinski definition) is 6. The minimum atomic E-state index is -4.71. The number of nitrogens with zero attached hydrogens (tertiary/aromatic N) is 4. The van der Waals surface area contributed by atoms with Crippen LogP contribution in [-0.4, -0.2) is 81.4 Å². The zero-order chi connectivity index (χ0) is 34.2. The molecule has 11 nitrogen and oxygen atoms in total. The molecule has 48 heavy (non-hydrogen) atoms. The number of nitrogens with two attached hydrogens (primary N) is 1. The van der Waals surface area contributed by atoms with E-state index >= 15 is 0 Å². The van der Waals surface area contributed by atoms with Gasteiger partial charge in [0, 0.05) is 55.0 Å². The van der Waals surface area contributed by atoms with Crippen LogP contribution in [0.4, 0.5) is 22.4 Å². The number of aliphatic hydroxyl groups is 1. The van der Waals surface area contributed by atoms with Crippen LogP contribution in [0.2, 0.25) is 0 Å². The molecule has 15 heteroatoms. The molecule has 6 rings (SSSR count). The third kappa shape index (κ3) is 6.88. The smallest absolute Gasteiger partial charge is 0.390 e. The Morgan fingerprint density at radius 2 is 1.79 bits per heavy atom. The molecule has 1 spiro atoms. The summed E-state index contributed by atoms with van der Waals surface area (Å²) >= 11 is 0. The maximum Gasteiger partial charge on any atom is 0.416 e. The third-order valence-corrected chi connectivity index (χ3v) is 9.71. The van der Waals surface area contributed by atoms with Crippen molar-refractivity contribution in [1.29, 1.82) is 0 Å². The number of halogens is 4. The molecule has 1 unspecified atom stereocenters. The van der Waals surface area contributed by atoms with E-state index in [2.05, 4.69) is 15.5 Å². The molecule has 2 saturated heterocycles. The Morgan fingerprint density at radius 1 is 1.06 bits per heavy atom. The number of urea groups is 1. The molecule has 3 aliphatic rings. The molecule has 0 bridgehead atoms. The van der Waals surface area contributed by atoms with Crippen molar-refractivity contribution in [2.45, 2.75) is 57.6 Å². The minimum Gasteiger partial charge on any atom is -0.390 e. The first kappa shape index (κ1) is 33.4.